The van der Waals surface area contributed by atoms with E-state index in [0.29, 0.717) is 0 Å². The zero-order chi connectivity index (χ0) is 11.6. The Balaban J connectivity index is 2.83. The zero-order valence-electron chi connectivity index (χ0n) is 9.10. The van der Waals surface area contributed by atoms with Gasteiger partial charge in [-0.05, 0) is 38.5 Å². The van der Waals surface area contributed by atoms with Crippen molar-refractivity contribution in [2.24, 2.45) is 5.73 Å². The number of nitrogens with two attached hydrogens (primary N) is 1. The molecule has 4 heteroatoms. The molecule has 0 aliphatic rings. The van der Waals surface area contributed by atoms with Gasteiger partial charge >= 0.3 is 0 Å². The molecule has 0 radical (unpaired) electrons. The first-order valence-corrected chi connectivity index (χ1v) is 5.46. The first kappa shape index (κ1) is 12.2. The van der Waals surface area contributed by atoms with Crippen LogP contribution in [0.15, 0.2) is 22.7 Å². The van der Waals surface area contributed by atoms with Crippen molar-refractivity contribution < 1.29 is 4.79 Å². The molecule has 0 saturated carbocycles. The summed E-state index contributed by atoms with van der Waals surface area (Å²) >= 11 is 3.40. The lowest BCUT2D eigenvalue weighted by atomic mass is 10.1. The van der Waals surface area contributed by atoms with Crippen LogP contribution in [0.5, 0.6) is 0 Å². The summed E-state index contributed by atoms with van der Waals surface area (Å²) in [6.07, 6.45) is 0. The number of carbonyl (C=O) groups excluding carboxylic acids is 1. The fourth-order valence-corrected chi connectivity index (χ4v) is 1.34. The molecule has 0 spiro atoms. The van der Waals surface area contributed by atoms with E-state index in [1.807, 2.05) is 25.1 Å². The van der Waals surface area contributed by atoms with Crippen molar-refractivity contribution in [3.63, 3.8) is 0 Å². The summed E-state index contributed by atoms with van der Waals surface area (Å²) < 4.78 is 0.968. The highest BCUT2D eigenvalue weighted by molar-refractivity contribution is 9.10. The Hall–Kier alpha value is -0.870. The van der Waals surface area contributed by atoms with Crippen LogP contribution in [0.1, 0.15) is 19.4 Å². The quantitative estimate of drug-likeness (QED) is 0.868. The number of hydrogen-bond acceptors (Lipinski definition) is 2. The average molecular weight is 271 g/mol. The van der Waals surface area contributed by atoms with Crippen LogP contribution in [0.25, 0.3) is 0 Å². The van der Waals surface area contributed by atoms with Crippen molar-refractivity contribution in [3.8, 4) is 0 Å². The van der Waals surface area contributed by atoms with Gasteiger partial charge in [0.05, 0.1) is 5.54 Å². The molecular formula is C11H15BrN2O. The number of hydrogen-bond donors (Lipinski definition) is 2. The van der Waals surface area contributed by atoms with E-state index in [4.69, 9.17) is 5.73 Å². The number of aryl methyl sites for hydroxylation is 1. The lowest BCUT2D eigenvalue weighted by Crippen LogP contribution is -2.45. The molecule has 0 heterocycles. The van der Waals surface area contributed by atoms with Crippen molar-refractivity contribution >= 4 is 27.5 Å². The summed E-state index contributed by atoms with van der Waals surface area (Å²) in [6.45, 7) is 5.33. The maximum absolute atomic E-state index is 11.6. The normalized spacial score (nSPS) is 11.3. The van der Waals surface area contributed by atoms with Gasteiger partial charge in [-0.1, -0.05) is 22.0 Å². The van der Waals surface area contributed by atoms with Gasteiger partial charge in [-0.3, -0.25) is 4.79 Å². The van der Waals surface area contributed by atoms with Crippen LogP contribution in [0.4, 0.5) is 5.69 Å². The number of anilines is 1. The second kappa shape index (κ2) is 4.33. The maximum atomic E-state index is 11.6. The SMILES string of the molecule is Cc1ccc(NC(=O)C(C)(C)N)cc1Br. The van der Waals surface area contributed by atoms with E-state index in [1.165, 1.54) is 0 Å². The van der Waals surface area contributed by atoms with Crippen molar-refractivity contribution in [1.82, 2.24) is 0 Å². The summed E-state index contributed by atoms with van der Waals surface area (Å²) in [4.78, 5) is 11.6. The molecule has 1 rings (SSSR count). The average Bonchev–Trinajstić information content (AvgIpc) is 2.10. The molecule has 3 N–H and O–H groups in total. The van der Waals surface area contributed by atoms with Crippen LogP contribution in [0.3, 0.4) is 0 Å². The van der Waals surface area contributed by atoms with Gasteiger partial charge in [0.2, 0.25) is 5.91 Å². The minimum atomic E-state index is -0.864. The van der Waals surface area contributed by atoms with Crippen LogP contribution in [-0.4, -0.2) is 11.4 Å². The van der Waals surface area contributed by atoms with E-state index in [-0.39, 0.29) is 5.91 Å². The number of halogens is 1. The zero-order valence-corrected chi connectivity index (χ0v) is 10.7. The third-order valence-electron chi connectivity index (χ3n) is 2.01. The third kappa shape index (κ3) is 3.32. The van der Waals surface area contributed by atoms with Crippen molar-refractivity contribution in [2.75, 3.05) is 5.32 Å². The molecule has 0 atom stereocenters. The standard InChI is InChI=1S/C11H15BrN2O/c1-7-4-5-8(6-9(7)12)14-10(15)11(2,3)13/h4-6H,13H2,1-3H3,(H,14,15). The van der Waals surface area contributed by atoms with E-state index >= 15 is 0 Å². The molecular weight excluding hydrogens is 256 g/mol. The summed E-state index contributed by atoms with van der Waals surface area (Å²) in [5.41, 5.74) is 6.68. The monoisotopic (exact) mass is 270 g/mol. The molecule has 1 aromatic carbocycles. The first-order valence-electron chi connectivity index (χ1n) is 4.67. The highest BCUT2D eigenvalue weighted by Gasteiger charge is 2.21. The topological polar surface area (TPSA) is 55.1 Å². The van der Waals surface area contributed by atoms with Gasteiger partial charge in [0.25, 0.3) is 0 Å². The predicted molar refractivity (Wildman–Crippen MR) is 65.8 cm³/mol. The summed E-state index contributed by atoms with van der Waals surface area (Å²) in [5.74, 6) is -0.196. The molecule has 0 aromatic heterocycles. The van der Waals surface area contributed by atoms with E-state index in [1.54, 1.807) is 13.8 Å². The van der Waals surface area contributed by atoms with E-state index < -0.39 is 5.54 Å². The van der Waals surface area contributed by atoms with Gasteiger partial charge in [0.1, 0.15) is 0 Å². The third-order valence-corrected chi connectivity index (χ3v) is 2.87. The highest BCUT2D eigenvalue weighted by Crippen LogP contribution is 2.21. The van der Waals surface area contributed by atoms with Crippen LogP contribution < -0.4 is 11.1 Å². The smallest absolute Gasteiger partial charge is 0.243 e. The lowest BCUT2D eigenvalue weighted by Gasteiger charge is -2.18. The number of carbonyl (C=O) groups is 1. The van der Waals surface area contributed by atoms with Crippen molar-refractivity contribution in [1.29, 1.82) is 0 Å². The molecule has 1 amide bonds. The maximum Gasteiger partial charge on any atom is 0.243 e. The summed E-state index contributed by atoms with van der Waals surface area (Å²) in [7, 11) is 0. The Morgan fingerprint density at radius 3 is 2.53 bits per heavy atom. The number of nitrogens with one attached hydrogen (secondary N) is 1. The fraction of sp³-hybridized carbons (Fsp3) is 0.364. The second-order valence-corrected chi connectivity index (χ2v) is 4.99. The molecule has 0 unspecified atom stereocenters. The van der Waals surface area contributed by atoms with Gasteiger partial charge in [-0.25, -0.2) is 0 Å². The van der Waals surface area contributed by atoms with Crippen LogP contribution in [0, 0.1) is 6.92 Å². The first-order chi connectivity index (χ1) is 6.80. The van der Waals surface area contributed by atoms with Gasteiger partial charge in [0.15, 0.2) is 0 Å². The van der Waals surface area contributed by atoms with Gasteiger partial charge in [-0.15, -0.1) is 0 Å². The van der Waals surface area contributed by atoms with Gasteiger partial charge in [0, 0.05) is 10.2 Å². The number of benzene rings is 1. The Morgan fingerprint density at radius 1 is 1.47 bits per heavy atom. The summed E-state index contributed by atoms with van der Waals surface area (Å²) in [6, 6.07) is 5.64. The highest BCUT2D eigenvalue weighted by atomic mass is 79.9. The number of amides is 1. The van der Waals surface area contributed by atoms with Crippen LogP contribution in [-0.2, 0) is 4.79 Å². The van der Waals surface area contributed by atoms with Crippen LogP contribution >= 0.6 is 15.9 Å². The minimum absolute atomic E-state index is 0.196. The van der Waals surface area contributed by atoms with Gasteiger partial charge in [-0.2, -0.15) is 0 Å². The minimum Gasteiger partial charge on any atom is -0.324 e. The molecule has 3 nitrogen and oxygen atoms in total. The van der Waals surface area contributed by atoms with Crippen LogP contribution in [0.2, 0.25) is 0 Å². The molecule has 0 bridgehead atoms. The molecule has 1 aromatic rings. The second-order valence-electron chi connectivity index (χ2n) is 4.14. The molecule has 0 aliphatic heterocycles. The largest absolute Gasteiger partial charge is 0.324 e. The van der Waals surface area contributed by atoms with E-state index in [9.17, 15) is 4.79 Å². The summed E-state index contributed by atoms with van der Waals surface area (Å²) in [5, 5.41) is 2.76. The molecule has 0 fully saturated rings. The number of rotatable bonds is 2. The van der Waals surface area contributed by atoms with Crippen molar-refractivity contribution in [2.45, 2.75) is 26.3 Å². The van der Waals surface area contributed by atoms with Gasteiger partial charge < -0.3 is 11.1 Å². The lowest BCUT2D eigenvalue weighted by molar-refractivity contribution is -0.120. The Morgan fingerprint density at radius 2 is 2.07 bits per heavy atom. The fourth-order valence-electron chi connectivity index (χ4n) is 0.963. The molecule has 15 heavy (non-hydrogen) atoms. The Labute approximate surface area is 98.2 Å². The van der Waals surface area contributed by atoms with E-state index in [2.05, 4.69) is 21.2 Å². The van der Waals surface area contributed by atoms with Crippen molar-refractivity contribution in [3.05, 3.63) is 28.2 Å². The Bertz CT molecular complexity index is 383. The van der Waals surface area contributed by atoms with E-state index in [0.717, 1.165) is 15.7 Å². The molecule has 0 aliphatic carbocycles. The molecule has 0 saturated heterocycles. The Kier molecular flexibility index (Phi) is 3.52. The predicted octanol–water partition coefficient (Wildman–Crippen LogP) is 2.43. The molecule has 82 valence electrons.